The van der Waals surface area contributed by atoms with E-state index in [0.29, 0.717) is 18.8 Å². The topological polar surface area (TPSA) is 72.9 Å². The first-order valence-electron chi connectivity index (χ1n) is 5.68. The van der Waals surface area contributed by atoms with Crippen molar-refractivity contribution in [1.29, 1.82) is 0 Å². The molecule has 0 aromatic rings. The molecule has 0 N–H and O–H groups in total. The SMILES string of the molecule is CN(OC(=O)OCC1CCC1)C(=O)CCC=O. The predicted molar refractivity (Wildman–Crippen MR) is 57.8 cm³/mol. The monoisotopic (exact) mass is 243 g/mol. The lowest BCUT2D eigenvalue weighted by Gasteiger charge is -2.24. The van der Waals surface area contributed by atoms with Crippen molar-refractivity contribution in [2.75, 3.05) is 13.7 Å². The van der Waals surface area contributed by atoms with Crippen LogP contribution in [0, 0.1) is 5.92 Å². The van der Waals surface area contributed by atoms with Crippen LogP contribution in [0.1, 0.15) is 32.1 Å². The van der Waals surface area contributed by atoms with Crippen molar-refractivity contribution in [1.82, 2.24) is 5.06 Å². The molecule has 0 aromatic carbocycles. The maximum Gasteiger partial charge on any atom is 0.533 e. The third-order valence-corrected chi connectivity index (χ3v) is 2.70. The summed E-state index contributed by atoms with van der Waals surface area (Å²) in [7, 11) is 1.32. The first-order valence-corrected chi connectivity index (χ1v) is 5.68. The molecule has 1 saturated carbocycles. The van der Waals surface area contributed by atoms with Gasteiger partial charge in [-0.15, -0.1) is 0 Å². The lowest BCUT2D eigenvalue weighted by atomic mass is 9.86. The Bertz CT molecular complexity index is 288. The van der Waals surface area contributed by atoms with E-state index >= 15 is 0 Å². The van der Waals surface area contributed by atoms with Crippen LogP contribution in [-0.4, -0.2) is 37.1 Å². The molecule has 1 fully saturated rings. The third kappa shape index (κ3) is 4.84. The summed E-state index contributed by atoms with van der Waals surface area (Å²) in [5, 5.41) is 0.798. The molecule has 6 nitrogen and oxygen atoms in total. The van der Waals surface area contributed by atoms with Gasteiger partial charge in [0.25, 0.3) is 5.91 Å². The lowest BCUT2D eigenvalue weighted by molar-refractivity contribution is -0.167. The Labute approximate surface area is 99.8 Å². The molecule has 0 aliphatic heterocycles. The van der Waals surface area contributed by atoms with Gasteiger partial charge in [0, 0.05) is 19.9 Å². The zero-order valence-corrected chi connectivity index (χ0v) is 9.89. The maximum absolute atomic E-state index is 11.3. The zero-order valence-electron chi connectivity index (χ0n) is 9.89. The summed E-state index contributed by atoms with van der Waals surface area (Å²) in [6.07, 6.45) is 3.22. The fraction of sp³-hybridized carbons (Fsp3) is 0.727. The van der Waals surface area contributed by atoms with Gasteiger partial charge in [0.15, 0.2) is 0 Å². The Morgan fingerprint density at radius 1 is 1.41 bits per heavy atom. The van der Waals surface area contributed by atoms with E-state index in [9.17, 15) is 14.4 Å². The second-order valence-corrected chi connectivity index (χ2v) is 4.05. The summed E-state index contributed by atoms with van der Waals surface area (Å²) < 4.78 is 4.85. The molecule has 6 heteroatoms. The van der Waals surface area contributed by atoms with Crippen LogP contribution in [0.15, 0.2) is 0 Å². The fourth-order valence-corrected chi connectivity index (χ4v) is 1.37. The second kappa shape index (κ2) is 6.88. The second-order valence-electron chi connectivity index (χ2n) is 4.05. The first kappa shape index (κ1) is 13.5. The highest BCUT2D eigenvalue weighted by molar-refractivity contribution is 5.78. The molecule has 0 spiro atoms. The van der Waals surface area contributed by atoms with E-state index in [-0.39, 0.29) is 12.8 Å². The van der Waals surface area contributed by atoms with Crippen LogP contribution in [0.25, 0.3) is 0 Å². The van der Waals surface area contributed by atoms with Crippen molar-refractivity contribution in [3.63, 3.8) is 0 Å². The smallest absolute Gasteiger partial charge is 0.432 e. The molecule has 1 aliphatic rings. The fourth-order valence-electron chi connectivity index (χ4n) is 1.37. The van der Waals surface area contributed by atoms with Crippen LogP contribution in [0.4, 0.5) is 4.79 Å². The molecule has 0 aromatic heterocycles. The number of carbonyl (C=O) groups excluding carboxylic acids is 3. The minimum Gasteiger partial charge on any atom is -0.432 e. The largest absolute Gasteiger partial charge is 0.533 e. The Kier molecular flexibility index (Phi) is 5.45. The van der Waals surface area contributed by atoms with E-state index in [2.05, 4.69) is 4.84 Å². The number of hydrogen-bond acceptors (Lipinski definition) is 5. The standard InChI is InChI=1S/C11H17NO5/c1-12(10(14)6-3-7-13)17-11(15)16-8-9-4-2-5-9/h7,9H,2-6,8H2,1H3. The van der Waals surface area contributed by atoms with Gasteiger partial charge in [-0.3, -0.25) is 4.79 Å². The van der Waals surface area contributed by atoms with Gasteiger partial charge in [-0.1, -0.05) is 6.42 Å². The number of hydroxylamine groups is 2. The molecule has 96 valence electrons. The van der Waals surface area contributed by atoms with E-state index in [1.165, 1.54) is 13.5 Å². The third-order valence-electron chi connectivity index (χ3n) is 2.70. The number of aldehydes is 1. The number of nitrogens with zero attached hydrogens (tertiary/aromatic N) is 1. The molecule has 1 amide bonds. The van der Waals surface area contributed by atoms with E-state index in [4.69, 9.17) is 4.74 Å². The summed E-state index contributed by atoms with van der Waals surface area (Å²) in [6, 6.07) is 0. The van der Waals surface area contributed by atoms with E-state index in [0.717, 1.165) is 17.9 Å². The molecule has 17 heavy (non-hydrogen) atoms. The molecular weight excluding hydrogens is 226 g/mol. The Morgan fingerprint density at radius 2 is 2.12 bits per heavy atom. The Hall–Kier alpha value is -1.59. The number of rotatable bonds is 5. The van der Waals surface area contributed by atoms with E-state index in [1.54, 1.807) is 0 Å². The van der Waals surface area contributed by atoms with E-state index in [1.807, 2.05) is 0 Å². The number of hydrogen-bond donors (Lipinski definition) is 0. The highest BCUT2D eigenvalue weighted by Crippen LogP contribution is 2.26. The number of amides is 1. The average molecular weight is 243 g/mol. The van der Waals surface area contributed by atoms with Crippen molar-refractivity contribution < 1.29 is 24.0 Å². The van der Waals surface area contributed by atoms with Crippen molar-refractivity contribution in [3.8, 4) is 0 Å². The highest BCUT2D eigenvalue weighted by Gasteiger charge is 2.21. The summed E-state index contributed by atoms with van der Waals surface area (Å²) in [5.41, 5.74) is 0. The van der Waals surface area contributed by atoms with Crippen molar-refractivity contribution >= 4 is 18.3 Å². The minimum absolute atomic E-state index is 0.0237. The molecule has 1 aliphatic carbocycles. The van der Waals surface area contributed by atoms with Gasteiger partial charge in [0.05, 0.1) is 6.61 Å². The molecule has 0 atom stereocenters. The average Bonchev–Trinajstić information content (AvgIpc) is 2.23. The van der Waals surface area contributed by atoms with Gasteiger partial charge in [-0.25, -0.2) is 4.79 Å². The summed E-state index contributed by atoms with van der Waals surface area (Å²) in [5.74, 6) is -0.00341. The summed E-state index contributed by atoms with van der Waals surface area (Å²) >= 11 is 0. The van der Waals surface area contributed by atoms with Gasteiger partial charge in [0.2, 0.25) is 0 Å². The van der Waals surface area contributed by atoms with Crippen LogP contribution in [0.2, 0.25) is 0 Å². The quantitative estimate of drug-likeness (QED) is 0.413. The first-order chi connectivity index (χ1) is 8.13. The molecule has 0 heterocycles. The molecule has 0 bridgehead atoms. The molecular formula is C11H17NO5. The maximum atomic E-state index is 11.3. The van der Waals surface area contributed by atoms with Crippen LogP contribution in [-0.2, 0) is 19.2 Å². The predicted octanol–water partition coefficient (Wildman–Crippen LogP) is 1.29. The normalized spacial score (nSPS) is 14.6. The van der Waals surface area contributed by atoms with Gasteiger partial charge in [-0.05, 0) is 18.8 Å². The van der Waals surface area contributed by atoms with Gasteiger partial charge >= 0.3 is 6.16 Å². The zero-order chi connectivity index (χ0) is 12.7. The Balaban J connectivity index is 2.14. The van der Waals surface area contributed by atoms with Gasteiger partial charge in [0.1, 0.15) is 6.29 Å². The minimum atomic E-state index is -0.876. The Morgan fingerprint density at radius 3 is 2.65 bits per heavy atom. The van der Waals surface area contributed by atoms with Crippen LogP contribution < -0.4 is 0 Å². The highest BCUT2D eigenvalue weighted by atomic mass is 16.8. The van der Waals surface area contributed by atoms with Crippen LogP contribution in [0.3, 0.4) is 0 Å². The van der Waals surface area contributed by atoms with Gasteiger partial charge < -0.3 is 14.4 Å². The summed E-state index contributed by atoms with van der Waals surface area (Å²) in [6.45, 7) is 0.342. The molecule has 1 rings (SSSR count). The number of ether oxygens (including phenoxy) is 1. The summed E-state index contributed by atoms with van der Waals surface area (Å²) in [4.78, 5) is 37.1. The lowest BCUT2D eigenvalue weighted by Crippen LogP contribution is -2.31. The number of carbonyl (C=O) groups is 3. The van der Waals surface area contributed by atoms with Crippen molar-refractivity contribution in [3.05, 3.63) is 0 Å². The molecule has 0 radical (unpaired) electrons. The van der Waals surface area contributed by atoms with Gasteiger partial charge in [-0.2, -0.15) is 5.06 Å². The van der Waals surface area contributed by atoms with Crippen LogP contribution in [0.5, 0.6) is 0 Å². The van der Waals surface area contributed by atoms with Crippen LogP contribution >= 0.6 is 0 Å². The van der Waals surface area contributed by atoms with E-state index < -0.39 is 12.1 Å². The van der Waals surface area contributed by atoms with Crippen molar-refractivity contribution in [2.24, 2.45) is 5.92 Å². The van der Waals surface area contributed by atoms with Crippen molar-refractivity contribution in [2.45, 2.75) is 32.1 Å². The molecule has 0 saturated heterocycles. The molecule has 0 unspecified atom stereocenters.